The summed E-state index contributed by atoms with van der Waals surface area (Å²) in [7, 11) is 1.96. The first-order valence-corrected chi connectivity index (χ1v) is 9.78. The van der Waals surface area contributed by atoms with E-state index in [1.54, 1.807) is 12.3 Å². The van der Waals surface area contributed by atoms with Gasteiger partial charge in [-0.05, 0) is 47.7 Å². The van der Waals surface area contributed by atoms with Crippen LogP contribution >= 0.6 is 11.8 Å². The van der Waals surface area contributed by atoms with Crippen LogP contribution in [0, 0.1) is 0 Å². The lowest BCUT2D eigenvalue weighted by molar-refractivity contribution is -0.192. The standard InChI is InChI=1S/C18H17N3O3S.C2HF3O2/c1-21(16-4-2-3-9-19-16)10-11-24-14-7-5-13(6-8-14)12-15-17(22)20-18(23)25-15;3-2(4,5)1(6)7/h2-9,12H,10-11H2,1H3,(H,20,22,23);(H,6,7). The van der Waals surface area contributed by atoms with E-state index in [1.807, 2.05) is 54.4 Å². The molecule has 0 saturated carbocycles. The molecule has 2 aromatic rings. The first-order valence-electron chi connectivity index (χ1n) is 8.96. The molecule has 170 valence electrons. The van der Waals surface area contributed by atoms with Crippen molar-refractivity contribution in [2.75, 3.05) is 25.1 Å². The van der Waals surface area contributed by atoms with Gasteiger partial charge in [-0.3, -0.25) is 14.9 Å². The number of thioether (sulfide) groups is 1. The number of imide groups is 1. The van der Waals surface area contributed by atoms with Crippen molar-refractivity contribution in [3.8, 4) is 5.75 Å². The van der Waals surface area contributed by atoms with Crippen molar-refractivity contribution in [3.63, 3.8) is 0 Å². The SMILES string of the molecule is CN(CCOc1ccc(C=C2SC(=O)NC2=O)cc1)c1ccccn1.O=C(O)C(F)(F)F. The van der Waals surface area contributed by atoms with Gasteiger partial charge in [-0.25, -0.2) is 9.78 Å². The highest BCUT2D eigenvalue weighted by Gasteiger charge is 2.38. The number of likely N-dealkylation sites (N-methyl/N-ethyl adjacent to an activating group) is 1. The molecule has 0 spiro atoms. The summed E-state index contributed by atoms with van der Waals surface area (Å²) < 4.78 is 37.5. The number of nitrogens with one attached hydrogen (secondary N) is 1. The maximum Gasteiger partial charge on any atom is 0.490 e. The summed E-state index contributed by atoms with van der Waals surface area (Å²) in [6.07, 6.45) is -1.64. The van der Waals surface area contributed by atoms with E-state index in [1.165, 1.54) is 0 Å². The minimum Gasteiger partial charge on any atom is -0.492 e. The number of carbonyl (C=O) groups is 3. The van der Waals surface area contributed by atoms with Crippen LogP contribution in [0.2, 0.25) is 0 Å². The molecule has 1 saturated heterocycles. The molecule has 3 rings (SSSR count). The fourth-order valence-corrected chi connectivity index (χ4v) is 2.91. The van der Waals surface area contributed by atoms with E-state index in [-0.39, 0.29) is 11.1 Å². The Balaban J connectivity index is 0.000000451. The minimum atomic E-state index is -5.08. The molecule has 8 nitrogen and oxygen atoms in total. The van der Waals surface area contributed by atoms with Crippen molar-refractivity contribution in [2.24, 2.45) is 0 Å². The number of ether oxygens (including phenoxy) is 1. The fraction of sp³-hybridized carbons (Fsp3) is 0.200. The van der Waals surface area contributed by atoms with E-state index in [0.717, 1.165) is 28.9 Å². The number of carboxylic acid groups (broad SMARTS) is 1. The number of anilines is 1. The van der Waals surface area contributed by atoms with E-state index in [2.05, 4.69) is 10.3 Å². The molecule has 1 aromatic heterocycles. The second kappa shape index (κ2) is 11.2. The lowest BCUT2D eigenvalue weighted by Crippen LogP contribution is -2.24. The number of alkyl halides is 3. The smallest absolute Gasteiger partial charge is 0.490 e. The highest BCUT2D eigenvalue weighted by atomic mass is 32.2. The molecular weight excluding hydrogens is 451 g/mol. The number of carbonyl (C=O) groups excluding carboxylic acids is 2. The van der Waals surface area contributed by atoms with E-state index < -0.39 is 12.1 Å². The summed E-state index contributed by atoms with van der Waals surface area (Å²) in [4.78, 5) is 38.3. The average molecular weight is 469 g/mol. The van der Waals surface area contributed by atoms with E-state index >= 15 is 0 Å². The Labute approximate surface area is 185 Å². The maximum absolute atomic E-state index is 11.5. The van der Waals surface area contributed by atoms with Crippen molar-refractivity contribution < 1.29 is 37.4 Å². The first-order chi connectivity index (χ1) is 15.1. The van der Waals surface area contributed by atoms with Crippen LogP contribution in [0.3, 0.4) is 0 Å². The molecule has 2 N–H and O–H groups in total. The number of pyridine rings is 1. The lowest BCUT2D eigenvalue weighted by atomic mass is 10.2. The molecule has 2 heterocycles. The summed E-state index contributed by atoms with van der Waals surface area (Å²) >= 11 is 0.907. The number of hydrogen-bond donors (Lipinski definition) is 2. The number of amides is 2. The number of rotatable bonds is 6. The number of aliphatic carboxylic acids is 1. The van der Waals surface area contributed by atoms with Gasteiger partial charge >= 0.3 is 12.1 Å². The molecule has 12 heteroatoms. The van der Waals surface area contributed by atoms with E-state index in [9.17, 15) is 22.8 Å². The number of aromatic nitrogens is 1. The van der Waals surface area contributed by atoms with Crippen molar-refractivity contribution in [1.29, 1.82) is 0 Å². The molecule has 0 atom stereocenters. The van der Waals surface area contributed by atoms with Gasteiger partial charge in [-0.15, -0.1) is 0 Å². The molecular formula is C20H18F3N3O5S. The molecule has 0 aliphatic carbocycles. The van der Waals surface area contributed by atoms with Crippen LogP contribution < -0.4 is 15.0 Å². The number of benzene rings is 1. The van der Waals surface area contributed by atoms with Gasteiger partial charge in [-0.1, -0.05) is 18.2 Å². The van der Waals surface area contributed by atoms with Crippen LogP contribution in [-0.4, -0.2) is 53.6 Å². The lowest BCUT2D eigenvalue weighted by Gasteiger charge is -2.18. The Morgan fingerprint density at radius 3 is 2.38 bits per heavy atom. The Bertz CT molecular complexity index is 982. The Kier molecular flexibility index (Phi) is 8.64. The van der Waals surface area contributed by atoms with Gasteiger partial charge in [0.1, 0.15) is 18.2 Å². The predicted molar refractivity (Wildman–Crippen MR) is 112 cm³/mol. The normalized spacial score (nSPS) is 14.4. The molecule has 0 bridgehead atoms. The monoisotopic (exact) mass is 469 g/mol. The van der Waals surface area contributed by atoms with Gasteiger partial charge < -0.3 is 14.7 Å². The van der Waals surface area contributed by atoms with Gasteiger partial charge in [-0.2, -0.15) is 13.2 Å². The van der Waals surface area contributed by atoms with Crippen LogP contribution in [0.15, 0.2) is 53.6 Å². The number of carboxylic acids is 1. The molecule has 2 amide bonds. The molecule has 1 aliphatic rings. The summed E-state index contributed by atoms with van der Waals surface area (Å²) in [5, 5.41) is 9.02. The third-order valence-electron chi connectivity index (χ3n) is 3.80. The van der Waals surface area contributed by atoms with Crippen LogP contribution in [0.25, 0.3) is 6.08 Å². The summed E-state index contributed by atoms with van der Waals surface area (Å²) in [5.41, 5.74) is 0.838. The highest BCUT2D eigenvalue weighted by Crippen LogP contribution is 2.26. The molecule has 0 radical (unpaired) electrons. The predicted octanol–water partition coefficient (Wildman–Crippen LogP) is 3.55. The Hall–Kier alpha value is -3.54. The van der Waals surface area contributed by atoms with Crippen LogP contribution in [0.4, 0.5) is 23.8 Å². The topological polar surface area (TPSA) is 109 Å². The van der Waals surface area contributed by atoms with Crippen molar-refractivity contribution in [2.45, 2.75) is 6.18 Å². The van der Waals surface area contributed by atoms with Crippen LogP contribution in [0.1, 0.15) is 5.56 Å². The van der Waals surface area contributed by atoms with Crippen molar-refractivity contribution >= 4 is 40.8 Å². The van der Waals surface area contributed by atoms with Crippen molar-refractivity contribution in [1.82, 2.24) is 10.3 Å². The molecule has 1 fully saturated rings. The Morgan fingerprint density at radius 1 is 1.22 bits per heavy atom. The molecule has 1 aliphatic heterocycles. The zero-order chi connectivity index (χ0) is 23.7. The van der Waals surface area contributed by atoms with E-state index in [0.29, 0.717) is 18.1 Å². The zero-order valence-electron chi connectivity index (χ0n) is 16.6. The van der Waals surface area contributed by atoms with Gasteiger partial charge in [0.05, 0.1) is 11.4 Å². The van der Waals surface area contributed by atoms with Crippen molar-refractivity contribution in [3.05, 3.63) is 59.1 Å². The fourth-order valence-electron chi connectivity index (χ4n) is 2.23. The number of hydrogen-bond acceptors (Lipinski definition) is 7. The van der Waals surface area contributed by atoms with E-state index in [4.69, 9.17) is 14.6 Å². The van der Waals surface area contributed by atoms with Gasteiger partial charge in [0.2, 0.25) is 0 Å². The number of nitrogens with zero attached hydrogens (tertiary/aromatic N) is 2. The summed E-state index contributed by atoms with van der Waals surface area (Å²) in [5.74, 6) is -1.47. The van der Waals surface area contributed by atoms with Gasteiger partial charge in [0.25, 0.3) is 11.1 Å². The Morgan fingerprint density at radius 2 is 1.88 bits per heavy atom. The quantitative estimate of drug-likeness (QED) is 0.619. The minimum absolute atomic E-state index is 0.340. The summed E-state index contributed by atoms with van der Waals surface area (Å²) in [6.45, 7) is 1.24. The number of halogens is 3. The molecule has 32 heavy (non-hydrogen) atoms. The largest absolute Gasteiger partial charge is 0.492 e. The highest BCUT2D eigenvalue weighted by molar-refractivity contribution is 8.18. The third-order valence-corrected chi connectivity index (χ3v) is 4.61. The third kappa shape index (κ3) is 7.95. The van der Waals surface area contributed by atoms with Crippen LogP contribution in [0.5, 0.6) is 5.75 Å². The van der Waals surface area contributed by atoms with Crippen LogP contribution in [-0.2, 0) is 9.59 Å². The molecule has 1 aromatic carbocycles. The first kappa shape index (κ1) is 24.7. The second-order valence-corrected chi connectivity index (χ2v) is 7.20. The average Bonchev–Trinajstić information content (AvgIpc) is 3.06. The summed E-state index contributed by atoms with van der Waals surface area (Å²) in [6, 6.07) is 13.2. The maximum atomic E-state index is 11.5. The van der Waals surface area contributed by atoms with Gasteiger partial charge in [0, 0.05) is 13.2 Å². The van der Waals surface area contributed by atoms with Gasteiger partial charge in [0.15, 0.2) is 0 Å². The zero-order valence-corrected chi connectivity index (χ0v) is 17.4. The second-order valence-electron chi connectivity index (χ2n) is 6.18. The molecule has 0 unspecified atom stereocenters.